The van der Waals surface area contributed by atoms with Crippen LogP contribution in [-0.2, 0) is 14.3 Å². The summed E-state index contributed by atoms with van der Waals surface area (Å²) in [6, 6.07) is -0.726. The van der Waals surface area contributed by atoms with Gasteiger partial charge in [0.15, 0.2) is 6.29 Å². The Morgan fingerprint density at radius 2 is 1.09 bits per heavy atom. The first-order valence-corrected chi connectivity index (χ1v) is 22.3. The van der Waals surface area contributed by atoms with Crippen LogP contribution >= 0.6 is 0 Å². The van der Waals surface area contributed by atoms with Crippen molar-refractivity contribution in [2.45, 2.75) is 198 Å². The van der Waals surface area contributed by atoms with Gasteiger partial charge in [-0.15, -0.1) is 0 Å². The minimum Gasteiger partial charge on any atom is -0.394 e. The average molecular weight is 800 g/mol. The van der Waals surface area contributed by atoms with Gasteiger partial charge in [-0.3, -0.25) is 4.79 Å². The lowest BCUT2D eigenvalue weighted by atomic mass is 9.99. The van der Waals surface area contributed by atoms with E-state index in [0.717, 1.165) is 109 Å². The van der Waals surface area contributed by atoms with E-state index in [0.29, 0.717) is 12.8 Å². The molecule has 0 saturated carbocycles. The molecule has 1 saturated heterocycles. The van der Waals surface area contributed by atoms with Gasteiger partial charge in [0, 0.05) is 6.42 Å². The van der Waals surface area contributed by atoms with Crippen LogP contribution in [0, 0.1) is 0 Å². The van der Waals surface area contributed by atoms with Crippen LogP contribution in [0.15, 0.2) is 85.1 Å². The van der Waals surface area contributed by atoms with Crippen molar-refractivity contribution in [2.75, 3.05) is 13.2 Å². The smallest absolute Gasteiger partial charge is 0.220 e. The van der Waals surface area contributed by atoms with Crippen LogP contribution in [0.2, 0.25) is 0 Å². The summed E-state index contributed by atoms with van der Waals surface area (Å²) < 4.78 is 11.1. The first kappa shape index (κ1) is 52.4. The number of hydrogen-bond acceptors (Lipinski definition) is 8. The van der Waals surface area contributed by atoms with Crippen molar-refractivity contribution in [1.29, 1.82) is 0 Å². The molecule has 0 aromatic rings. The van der Waals surface area contributed by atoms with Gasteiger partial charge in [0.05, 0.1) is 25.4 Å². The molecule has 1 rings (SSSR count). The SMILES string of the molecule is CC/C=C\C/C=C\C/C=C\C/C=C\C/C=C\C/C=C\C/C=C\CCCCCCCCCC(=O)NC(COC1OC(CO)C(O)C(O)C1O)C(O)CCCCCCC. The van der Waals surface area contributed by atoms with Crippen molar-refractivity contribution in [3.63, 3.8) is 0 Å². The molecule has 0 radical (unpaired) electrons. The molecular formula is C48H81NO8. The molecule has 57 heavy (non-hydrogen) atoms. The number of carbonyl (C=O) groups is 1. The summed E-state index contributed by atoms with van der Waals surface area (Å²) in [5.41, 5.74) is 0. The van der Waals surface area contributed by atoms with Gasteiger partial charge in [-0.25, -0.2) is 0 Å². The van der Waals surface area contributed by atoms with Crippen LogP contribution < -0.4 is 5.32 Å². The quantitative estimate of drug-likeness (QED) is 0.0275. The zero-order chi connectivity index (χ0) is 41.6. The zero-order valence-corrected chi connectivity index (χ0v) is 35.6. The average Bonchev–Trinajstić information content (AvgIpc) is 3.21. The molecule has 1 aliphatic heterocycles. The van der Waals surface area contributed by atoms with Gasteiger partial charge in [-0.2, -0.15) is 0 Å². The van der Waals surface area contributed by atoms with Crippen LogP contribution in [-0.4, -0.2) is 87.5 Å². The van der Waals surface area contributed by atoms with Gasteiger partial charge < -0.3 is 40.3 Å². The number of carbonyl (C=O) groups excluding carboxylic acids is 1. The summed E-state index contributed by atoms with van der Waals surface area (Å²) in [5, 5.41) is 53.8. The Balaban J connectivity index is 2.16. The Bertz CT molecular complexity index is 1160. The van der Waals surface area contributed by atoms with E-state index in [1.54, 1.807) is 0 Å². The Hall–Kier alpha value is -2.63. The van der Waals surface area contributed by atoms with Crippen LogP contribution in [0.1, 0.15) is 155 Å². The number of ether oxygens (including phenoxy) is 2. The van der Waals surface area contributed by atoms with Gasteiger partial charge in [-0.05, 0) is 70.6 Å². The van der Waals surface area contributed by atoms with Crippen LogP contribution in [0.5, 0.6) is 0 Å². The number of aliphatic hydroxyl groups is 5. The maximum atomic E-state index is 12.9. The maximum Gasteiger partial charge on any atom is 0.220 e. The molecule has 6 N–H and O–H groups in total. The number of unbranched alkanes of at least 4 members (excludes halogenated alkanes) is 11. The highest BCUT2D eigenvalue weighted by Gasteiger charge is 2.44. The van der Waals surface area contributed by atoms with E-state index in [2.05, 4.69) is 104 Å². The second kappa shape index (κ2) is 37.6. The van der Waals surface area contributed by atoms with Crippen LogP contribution in [0.3, 0.4) is 0 Å². The molecule has 0 bridgehead atoms. The summed E-state index contributed by atoms with van der Waals surface area (Å²) in [6.45, 7) is 3.59. The molecule has 1 fully saturated rings. The van der Waals surface area contributed by atoms with Crippen molar-refractivity contribution in [1.82, 2.24) is 5.32 Å². The fraction of sp³-hybridized carbons (Fsp3) is 0.688. The molecular weight excluding hydrogens is 719 g/mol. The molecule has 0 aromatic carbocycles. The van der Waals surface area contributed by atoms with Gasteiger partial charge in [-0.1, -0.05) is 163 Å². The minimum atomic E-state index is -1.56. The third-order valence-electron chi connectivity index (χ3n) is 10.0. The van der Waals surface area contributed by atoms with Crippen LogP contribution in [0.25, 0.3) is 0 Å². The fourth-order valence-corrected chi connectivity index (χ4v) is 6.43. The molecule has 1 heterocycles. The monoisotopic (exact) mass is 800 g/mol. The lowest BCUT2D eigenvalue weighted by Crippen LogP contribution is -2.60. The maximum absolute atomic E-state index is 12.9. The number of amides is 1. The van der Waals surface area contributed by atoms with Gasteiger partial charge in [0.2, 0.25) is 5.91 Å². The third-order valence-corrected chi connectivity index (χ3v) is 10.0. The number of rotatable bonds is 35. The first-order chi connectivity index (χ1) is 27.8. The Morgan fingerprint density at radius 1 is 0.614 bits per heavy atom. The number of aliphatic hydroxyl groups excluding tert-OH is 5. The molecule has 7 unspecified atom stereocenters. The van der Waals surface area contributed by atoms with E-state index < -0.39 is 49.5 Å². The second-order valence-corrected chi connectivity index (χ2v) is 15.1. The van der Waals surface area contributed by atoms with Crippen LogP contribution in [0.4, 0.5) is 0 Å². The van der Waals surface area contributed by atoms with Crippen molar-refractivity contribution in [2.24, 2.45) is 0 Å². The lowest BCUT2D eigenvalue weighted by molar-refractivity contribution is -0.302. The standard InChI is InChI=1S/C48H81NO8/c1-3-5-7-9-10-11-12-13-14-15-16-17-18-19-20-21-22-23-24-25-26-27-28-29-30-31-32-34-36-38-44(52)49-41(42(51)37-35-33-8-6-4-2)40-56-48-47(55)46(54)45(53)43(39-50)57-48/h5,7,10-11,13-14,16-17,19-20,22-23,25-26,41-43,45-48,50-51,53-55H,3-4,6,8-9,12,15,18,21,24,27-40H2,1-2H3,(H,49,52)/b7-5-,11-10-,14-13-,17-16-,20-19-,23-22-,26-25-. The zero-order valence-electron chi connectivity index (χ0n) is 35.6. The molecule has 0 aromatic heterocycles. The number of nitrogens with one attached hydrogen (secondary N) is 1. The van der Waals surface area contributed by atoms with Crippen molar-refractivity contribution in [3.05, 3.63) is 85.1 Å². The minimum absolute atomic E-state index is 0.151. The topological polar surface area (TPSA) is 149 Å². The number of allylic oxidation sites excluding steroid dienone is 14. The molecule has 0 aliphatic carbocycles. The van der Waals surface area contributed by atoms with E-state index in [1.807, 2.05) is 0 Å². The van der Waals surface area contributed by atoms with Gasteiger partial charge in [0.1, 0.15) is 24.4 Å². The van der Waals surface area contributed by atoms with E-state index in [9.17, 15) is 30.3 Å². The van der Waals surface area contributed by atoms with Crippen molar-refractivity contribution >= 4 is 5.91 Å². The summed E-state index contributed by atoms with van der Waals surface area (Å²) in [5.74, 6) is -0.168. The molecule has 1 aliphatic rings. The predicted molar refractivity (Wildman–Crippen MR) is 235 cm³/mol. The van der Waals surface area contributed by atoms with E-state index in [4.69, 9.17) is 9.47 Å². The molecule has 1 amide bonds. The molecule has 326 valence electrons. The van der Waals surface area contributed by atoms with E-state index in [-0.39, 0.29) is 12.5 Å². The summed E-state index contributed by atoms with van der Waals surface area (Å²) >= 11 is 0. The van der Waals surface area contributed by atoms with Gasteiger partial charge >= 0.3 is 0 Å². The summed E-state index contributed by atoms with van der Waals surface area (Å²) in [4.78, 5) is 12.9. The largest absolute Gasteiger partial charge is 0.394 e. The Kier molecular flexibility index (Phi) is 34.6. The molecule has 9 nitrogen and oxygen atoms in total. The highest BCUT2D eigenvalue weighted by molar-refractivity contribution is 5.76. The highest BCUT2D eigenvalue weighted by atomic mass is 16.7. The first-order valence-electron chi connectivity index (χ1n) is 22.3. The molecule has 0 spiro atoms. The highest BCUT2D eigenvalue weighted by Crippen LogP contribution is 2.23. The van der Waals surface area contributed by atoms with E-state index >= 15 is 0 Å². The Labute approximate surface area is 346 Å². The molecule has 7 atom stereocenters. The fourth-order valence-electron chi connectivity index (χ4n) is 6.43. The van der Waals surface area contributed by atoms with Gasteiger partial charge in [0.25, 0.3) is 0 Å². The van der Waals surface area contributed by atoms with E-state index in [1.165, 1.54) is 19.3 Å². The second-order valence-electron chi connectivity index (χ2n) is 15.1. The third kappa shape index (κ3) is 28.4. The Morgan fingerprint density at radius 3 is 1.61 bits per heavy atom. The lowest BCUT2D eigenvalue weighted by Gasteiger charge is -2.40. The predicted octanol–water partition coefficient (Wildman–Crippen LogP) is 9.16. The van der Waals surface area contributed by atoms with Crippen molar-refractivity contribution < 1.29 is 39.8 Å². The number of hydrogen-bond donors (Lipinski definition) is 6. The normalized spacial score (nSPS) is 21.8. The summed E-state index contributed by atoms with van der Waals surface area (Å²) in [6.07, 6.45) is 45.0. The summed E-state index contributed by atoms with van der Waals surface area (Å²) in [7, 11) is 0. The molecule has 9 heteroatoms. The van der Waals surface area contributed by atoms with Crippen molar-refractivity contribution in [3.8, 4) is 0 Å².